The van der Waals surface area contributed by atoms with Crippen LogP contribution >= 0.6 is 22.9 Å². The molecule has 0 aromatic carbocycles. The second-order valence-corrected chi connectivity index (χ2v) is 4.67. The molecule has 2 rings (SSSR count). The Labute approximate surface area is 109 Å². The first-order valence-corrected chi connectivity index (χ1v) is 5.96. The largest absolute Gasteiger partial charge is 0.417 e. The predicted octanol–water partition coefficient (Wildman–Crippen LogP) is 4.05. The van der Waals surface area contributed by atoms with Gasteiger partial charge in [0.05, 0.1) is 21.0 Å². The highest BCUT2D eigenvalue weighted by Crippen LogP contribution is 2.34. The van der Waals surface area contributed by atoms with E-state index in [2.05, 4.69) is 4.98 Å². The van der Waals surface area contributed by atoms with Gasteiger partial charge < -0.3 is 0 Å². The van der Waals surface area contributed by atoms with Crippen LogP contribution in [-0.2, 0) is 6.18 Å². The van der Waals surface area contributed by atoms with Gasteiger partial charge in [-0.3, -0.25) is 9.78 Å². The maximum atomic E-state index is 12.7. The number of hydrogen-bond acceptors (Lipinski definition) is 3. The van der Waals surface area contributed by atoms with Crippen LogP contribution in [0.15, 0.2) is 29.9 Å². The predicted molar refractivity (Wildman–Crippen MR) is 62.0 cm³/mol. The molecule has 0 aliphatic rings. The lowest BCUT2D eigenvalue weighted by Crippen LogP contribution is -2.13. The number of aromatic nitrogens is 1. The molecule has 0 amide bonds. The van der Waals surface area contributed by atoms with Gasteiger partial charge in [0.15, 0.2) is 0 Å². The summed E-state index contributed by atoms with van der Waals surface area (Å²) >= 11 is 6.73. The average Bonchev–Trinajstić information content (AvgIpc) is 2.73. The molecule has 0 N–H and O–H groups in total. The van der Waals surface area contributed by atoms with Gasteiger partial charge in [0.2, 0.25) is 5.78 Å². The van der Waals surface area contributed by atoms with Crippen molar-refractivity contribution in [2.45, 2.75) is 6.18 Å². The van der Waals surface area contributed by atoms with Gasteiger partial charge in [-0.2, -0.15) is 13.2 Å². The Kier molecular flexibility index (Phi) is 3.41. The third kappa shape index (κ3) is 2.39. The summed E-state index contributed by atoms with van der Waals surface area (Å²) in [4.78, 5) is 15.6. The van der Waals surface area contributed by atoms with Crippen molar-refractivity contribution in [3.63, 3.8) is 0 Å². The lowest BCUT2D eigenvalue weighted by molar-refractivity contribution is -0.137. The van der Waals surface area contributed by atoms with Gasteiger partial charge in [-0.25, -0.2) is 0 Å². The van der Waals surface area contributed by atoms with E-state index in [1.807, 2.05) is 0 Å². The number of alkyl halides is 3. The number of pyridine rings is 1. The molecule has 0 aliphatic heterocycles. The molecule has 2 aromatic heterocycles. The van der Waals surface area contributed by atoms with E-state index >= 15 is 0 Å². The summed E-state index contributed by atoms with van der Waals surface area (Å²) in [7, 11) is 0. The molecule has 2 nitrogen and oxygen atoms in total. The van der Waals surface area contributed by atoms with E-state index in [0.29, 0.717) is 0 Å². The van der Waals surface area contributed by atoms with Crippen LogP contribution in [0.4, 0.5) is 13.2 Å². The fourth-order valence-electron chi connectivity index (χ4n) is 1.40. The SMILES string of the molecule is O=C(c1cnccc1C(F)(F)F)c1sccc1Cl. The van der Waals surface area contributed by atoms with Gasteiger partial charge >= 0.3 is 6.18 Å². The lowest BCUT2D eigenvalue weighted by Gasteiger charge is -2.10. The maximum absolute atomic E-state index is 12.7. The van der Waals surface area contributed by atoms with E-state index < -0.39 is 23.1 Å². The first-order chi connectivity index (χ1) is 8.41. The summed E-state index contributed by atoms with van der Waals surface area (Å²) in [5, 5.41) is 1.68. The van der Waals surface area contributed by atoms with Crippen LogP contribution in [0.25, 0.3) is 0 Å². The van der Waals surface area contributed by atoms with E-state index in [-0.39, 0.29) is 9.90 Å². The standard InChI is InChI=1S/C11H5ClF3NOS/c12-8-2-4-18-10(8)9(17)6-5-16-3-1-7(6)11(13,14)15/h1-5H. The highest BCUT2D eigenvalue weighted by molar-refractivity contribution is 7.13. The zero-order chi connectivity index (χ0) is 13.3. The summed E-state index contributed by atoms with van der Waals surface area (Å²) in [6, 6.07) is 2.23. The third-order valence-corrected chi connectivity index (χ3v) is 3.53. The number of carbonyl (C=O) groups excluding carboxylic acids is 1. The average molecular weight is 292 g/mol. The highest BCUT2D eigenvalue weighted by Gasteiger charge is 2.35. The molecule has 0 fully saturated rings. The Morgan fingerprint density at radius 3 is 2.61 bits per heavy atom. The molecule has 0 bridgehead atoms. The Balaban J connectivity index is 2.53. The molecule has 0 unspecified atom stereocenters. The molecule has 0 saturated carbocycles. The number of nitrogens with zero attached hydrogens (tertiary/aromatic N) is 1. The fourth-order valence-corrected chi connectivity index (χ4v) is 2.50. The minimum atomic E-state index is -4.60. The molecular formula is C11H5ClF3NOS. The van der Waals surface area contributed by atoms with Crippen molar-refractivity contribution in [3.05, 3.63) is 50.9 Å². The summed E-state index contributed by atoms with van der Waals surface area (Å²) < 4.78 is 38.2. The Morgan fingerprint density at radius 1 is 1.33 bits per heavy atom. The number of halogens is 4. The number of thiophene rings is 1. The second kappa shape index (κ2) is 4.70. The van der Waals surface area contributed by atoms with E-state index in [4.69, 9.17) is 11.6 Å². The van der Waals surface area contributed by atoms with Crippen LogP contribution in [0.5, 0.6) is 0 Å². The van der Waals surface area contributed by atoms with Crippen molar-refractivity contribution in [3.8, 4) is 0 Å². The monoisotopic (exact) mass is 291 g/mol. The molecule has 0 radical (unpaired) electrons. The topological polar surface area (TPSA) is 30.0 Å². The quantitative estimate of drug-likeness (QED) is 0.782. The molecule has 7 heteroatoms. The summed E-state index contributed by atoms with van der Waals surface area (Å²) in [6.07, 6.45) is -2.70. The van der Waals surface area contributed by atoms with Gasteiger partial charge in [0, 0.05) is 12.4 Å². The molecule has 2 aromatic rings. The Morgan fingerprint density at radius 2 is 2.06 bits per heavy atom. The van der Waals surface area contributed by atoms with Crippen LogP contribution in [0, 0.1) is 0 Å². The minimum Gasteiger partial charge on any atom is -0.288 e. The van der Waals surface area contributed by atoms with Crippen LogP contribution in [0.1, 0.15) is 20.8 Å². The summed E-state index contributed by atoms with van der Waals surface area (Å²) in [6.45, 7) is 0. The van der Waals surface area contributed by atoms with E-state index in [1.54, 1.807) is 5.38 Å². The van der Waals surface area contributed by atoms with Crippen molar-refractivity contribution in [1.29, 1.82) is 0 Å². The zero-order valence-electron chi connectivity index (χ0n) is 8.66. The van der Waals surface area contributed by atoms with Crippen molar-refractivity contribution < 1.29 is 18.0 Å². The summed E-state index contributed by atoms with van der Waals surface area (Å²) in [5.41, 5.74) is -1.50. The zero-order valence-corrected chi connectivity index (χ0v) is 10.2. The number of rotatable bonds is 2. The molecule has 94 valence electrons. The van der Waals surface area contributed by atoms with Crippen molar-refractivity contribution in [1.82, 2.24) is 4.98 Å². The van der Waals surface area contributed by atoms with Crippen molar-refractivity contribution >= 4 is 28.7 Å². The summed E-state index contributed by atoms with van der Waals surface area (Å²) in [5.74, 6) is -0.768. The first kappa shape index (κ1) is 13.0. The Bertz CT molecular complexity index is 594. The minimum absolute atomic E-state index is 0.0789. The number of carbonyl (C=O) groups is 1. The molecule has 2 heterocycles. The molecule has 0 atom stereocenters. The number of hydrogen-bond donors (Lipinski definition) is 0. The van der Waals surface area contributed by atoms with E-state index in [1.165, 1.54) is 6.07 Å². The maximum Gasteiger partial charge on any atom is 0.417 e. The van der Waals surface area contributed by atoms with Gasteiger partial charge in [0.25, 0.3) is 0 Å². The van der Waals surface area contributed by atoms with Crippen LogP contribution in [-0.4, -0.2) is 10.8 Å². The van der Waals surface area contributed by atoms with Crippen LogP contribution in [0.3, 0.4) is 0 Å². The smallest absolute Gasteiger partial charge is 0.288 e. The first-order valence-electron chi connectivity index (χ1n) is 4.70. The molecule has 0 spiro atoms. The van der Waals surface area contributed by atoms with Gasteiger partial charge in [-0.1, -0.05) is 11.6 Å². The van der Waals surface area contributed by atoms with Gasteiger partial charge in [-0.05, 0) is 17.5 Å². The van der Waals surface area contributed by atoms with Crippen molar-refractivity contribution in [2.75, 3.05) is 0 Å². The lowest BCUT2D eigenvalue weighted by atomic mass is 10.1. The van der Waals surface area contributed by atoms with Crippen LogP contribution < -0.4 is 0 Å². The Hall–Kier alpha value is -1.40. The fraction of sp³-hybridized carbons (Fsp3) is 0.0909. The third-order valence-electron chi connectivity index (χ3n) is 2.19. The molecule has 18 heavy (non-hydrogen) atoms. The normalized spacial score (nSPS) is 11.6. The van der Waals surface area contributed by atoms with E-state index in [0.717, 1.165) is 29.8 Å². The van der Waals surface area contributed by atoms with Gasteiger partial charge in [0.1, 0.15) is 0 Å². The van der Waals surface area contributed by atoms with Crippen molar-refractivity contribution in [2.24, 2.45) is 0 Å². The highest BCUT2D eigenvalue weighted by atomic mass is 35.5. The molecule has 0 aliphatic carbocycles. The van der Waals surface area contributed by atoms with Crippen LogP contribution in [0.2, 0.25) is 5.02 Å². The van der Waals surface area contributed by atoms with E-state index in [9.17, 15) is 18.0 Å². The molecule has 0 saturated heterocycles. The number of ketones is 1. The molecular weight excluding hydrogens is 287 g/mol. The van der Waals surface area contributed by atoms with Gasteiger partial charge in [-0.15, -0.1) is 11.3 Å². The second-order valence-electron chi connectivity index (χ2n) is 3.35.